The van der Waals surface area contributed by atoms with E-state index >= 15 is 0 Å². The van der Waals surface area contributed by atoms with Crippen LogP contribution < -0.4 is 11.5 Å². The Hall–Kier alpha value is -7.96. The minimum Gasteiger partial charge on any atom is -0.744 e. The van der Waals surface area contributed by atoms with Gasteiger partial charge in [-0.3, -0.25) is 9.59 Å². The number of hydrogen-bond donors (Lipinski definition) is 4. The summed E-state index contributed by atoms with van der Waals surface area (Å²) in [5.41, 5.74) is 15.8. The highest BCUT2D eigenvalue weighted by Gasteiger charge is 2.37. The molecule has 0 unspecified atom stereocenters. The molecule has 0 aliphatic heterocycles. The Balaban J connectivity index is 0.000000214. The van der Waals surface area contributed by atoms with E-state index in [4.69, 9.17) is 0 Å². The second-order valence-electron chi connectivity index (χ2n) is 16.4. The van der Waals surface area contributed by atoms with E-state index in [0.29, 0.717) is 0 Å². The number of quaternary nitrogens is 2. The Morgan fingerprint density at radius 1 is 0.389 bits per heavy atom. The van der Waals surface area contributed by atoms with Gasteiger partial charge in [-0.2, -0.15) is 0 Å². The lowest BCUT2D eigenvalue weighted by Crippen LogP contribution is -2.71. The van der Waals surface area contributed by atoms with Crippen molar-refractivity contribution in [2.24, 2.45) is 0 Å². The highest BCUT2D eigenvalue weighted by atomic mass is 32.2. The first-order chi connectivity index (χ1) is 34.2. The maximum Gasteiger partial charge on any atom is 0.209 e. The smallest absolute Gasteiger partial charge is 0.209 e. The topological polar surface area (TPSA) is 251 Å². The monoisotopic (exact) mass is 1010 g/mol. The molecule has 8 aromatic rings. The second kappa shape index (κ2) is 26.3. The molecule has 0 spiro atoms. The number of hydrogen-bond acceptors (Lipinski definition) is 10. The molecule has 0 aliphatic carbocycles. The zero-order chi connectivity index (χ0) is 53.0. The van der Waals surface area contributed by atoms with Gasteiger partial charge in [-0.05, 0) is 35.4 Å². The Morgan fingerprint density at radius 2 is 0.569 bits per heavy atom. The Bertz CT molecular complexity index is 2750. The van der Waals surface area contributed by atoms with E-state index in [1.807, 2.05) is 36.4 Å². The van der Waals surface area contributed by atoms with Crippen molar-refractivity contribution in [3.63, 3.8) is 0 Å². The Morgan fingerprint density at radius 3 is 0.722 bits per heavy atom. The van der Waals surface area contributed by atoms with Gasteiger partial charge in [-0.25, -0.2) is 16.8 Å². The molecule has 16 heteroatoms. The summed E-state index contributed by atoms with van der Waals surface area (Å²) < 4.78 is 66.1. The SMILES string of the molecule is CN(C)C=O.CN(C)C=O.O=S(=O)([O-])c1cc(-c2ccc(O)c(S(=O)(=O)[O-])c2)ccc1O.[NH3+]C(c1ccccc1)(c1ccccc1)c1ccccc1.[NH3+]C(c1ccccc1)(c1ccccc1)c1ccccc1. The first kappa shape index (κ1) is 56.6. The predicted molar refractivity (Wildman–Crippen MR) is 275 cm³/mol. The summed E-state index contributed by atoms with van der Waals surface area (Å²) in [7, 11) is -3.13. The molecular formula is C56H58N4O10S2. The lowest BCUT2D eigenvalue weighted by Gasteiger charge is -2.27. The van der Waals surface area contributed by atoms with Crippen LogP contribution in [0.15, 0.2) is 228 Å². The summed E-state index contributed by atoms with van der Waals surface area (Å²) in [5.74, 6) is -1.51. The molecule has 8 rings (SSSR count). The Labute approximate surface area is 421 Å². The number of nitrogens with zero attached hydrogens (tertiary/aromatic N) is 2. The van der Waals surface area contributed by atoms with Gasteiger partial charge in [-0.1, -0.05) is 194 Å². The van der Waals surface area contributed by atoms with Crippen molar-refractivity contribution < 1.29 is 57.2 Å². The van der Waals surface area contributed by atoms with Crippen LogP contribution in [0.4, 0.5) is 0 Å². The maximum absolute atomic E-state index is 11.0. The van der Waals surface area contributed by atoms with Crippen molar-refractivity contribution in [2.45, 2.75) is 20.9 Å². The van der Waals surface area contributed by atoms with E-state index in [1.165, 1.54) is 55.3 Å². The molecule has 72 heavy (non-hydrogen) atoms. The molecule has 8 aromatic carbocycles. The highest BCUT2D eigenvalue weighted by Crippen LogP contribution is 2.35. The first-order valence-electron chi connectivity index (χ1n) is 22.0. The van der Waals surface area contributed by atoms with Crippen molar-refractivity contribution in [1.82, 2.24) is 9.80 Å². The first-order valence-corrected chi connectivity index (χ1v) is 24.8. The van der Waals surface area contributed by atoms with E-state index in [-0.39, 0.29) is 22.2 Å². The summed E-state index contributed by atoms with van der Waals surface area (Å²) in [4.78, 5) is 20.0. The number of carbonyl (C=O) groups excluding carboxylic acids is 2. The van der Waals surface area contributed by atoms with Crippen LogP contribution in [0.3, 0.4) is 0 Å². The number of amides is 2. The van der Waals surface area contributed by atoms with Gasteiger partial charge in [0.15, 0.2) is 11.1 Å². The fourth-order valence-electron chi connectivity index (χ4n) is 7.12. The van der Waals surface area contributed by atoms with Crippen molar-refractivity contribution in [2.75, 3.05) is 28.2 Å². The van der Waals surface area contributed by atoms with Crippen molar-refractivity contribution in [1.29, 1.82) is 0 Å². The summed E-state index contributed by atoms with van der Waals surface area (Å²) in [6.45, 7) is 0. The minimum absolute atomic E-state index is 0.0668. The molecule has 0 bridgehead atoms. The minimum atomic E-state index is -4.94. The fraction of sp³-hybridized carbons (Fsp3) is 0.107. The predicted octanol–water partition coefficient (Wildman–Crippen LogP) is 6.42. The lowest BCUT2D eigenvalue weighted by molar-refractivity contribution is -0.455. The molecule has 8 N–H and O–H groups in total. The van der Waals surface area contributed by atoms with E-state index in [2.05, 4.69) is 157 Å². The van der Waals surface area contributed by atoms with Crippen LogP contribution in [0.1, 0.15) is 33.4 Å². The quantitative estimate of drug-likeness (QED) is 0.0628. The molecule has 0 fully saturated rings. The second-order valence-corrected chi connectivity index (χ2v) is 19.1. The van der Waals surface area contributed by atoms with Crippen LogP contribution in [0.5, 0.6) is 11.5 Å². The van der Waals surface area contributed by atoms with Crippen molar-refractivity contribution in [3.8, 4) is 22.6 Å². The third kappa shape index (κ3) is 15.5. The average molecular weight is 1010 g/mol. The summed E-state index contributed by atoms with van der Waals surface area (Å²) in [6, 6.07) is 68.8. The zero-order valence-electron chi connectivity index (χ0n) is 40.2. The number of phenols is 2. The molecule has 0 atom stereocenters. The normalized spacial score (nSPS) is 10.9. The molecule has 14 nitrogen and oxygen atoms in total. The van der Waals surface area contributed by atoms with E-state index < -0.39 is 41.5 Å². The number of carbonyl (C=O) groups is 2. The zero-order valence-corrected chi connectivity index (χ0v) is 41.9. The average Bonchev–Trinajstić information content (AvgIpc) is 3.40. The molecule has 2 amide bonds. The lowest BCUT2D eigenvalue weighted by atomic mass is 9.78. The summed E-state index contributed by atoms with van der Waals surface area (Å²) >= 11 is 0. The standard InChI is InChI=1S/2C19H17N.C12H10O8S2.2C3H7NO/c2*20-19(16-10-4-1-5-11-16,17-12-6-2-7-13-17)18-14-8-3-9-15-18;13-9-3-1-7(5-11(9)21(15,16)17)8-2-4-10(14)12(6-8)22(18,19)20;2*1-4(2)3-5/h2*1-15H,20H2;1-6,13-14H,(H,15,16,17)(H,18,19,20);2*3H,1-2H3. The van der Waals surface area contributed by atoms with Crippen molar-refractivity contribution in [3.05, 3.63) is 252 Å². The molecule has 0 saturated heterocycles. The van der Waals surface area contributed by atoms with Gasteiger partial charge in [-0.15, -0.1) is 0 Å². The third-order valence-electron chi connectivity index (χ3n) is 10.8. The van der Waals surface area contributed by atoms with Gasteiger partial charge >= 0.3 is 0 Å². The van der Waals surface area contributed by atoms with E-state index in [9.17, 15) is 45.7 Å². The number of benzene rings is 8. The van der Waals surface area contributed by atoms with Gasteiger partial charge in [0.1, 0.15) is 31.7 Å². The Kier molecular flexibility index (Phi) is 20.7. The summed E-state index contributed by atoms with van der Waals surface area (Å²) in [6.07, 6.45) is 1.50. The number of rotatable bonds is 11. The highest BCUT2D eigenvalue weighted by molar-refractivity contribution is 7.86. The van der Waals surface area contributed by atoms with E-state index in [0.717, 1.165) is 37.1 Å². The van der Waals surface area contributed by atoms with Gasteiger partial charge in [0.2, 0.25) is 12.8 Å². The molecule has 374 valence electrons. The summed E-state index contributed by atoms with van der Waals surface area (Å²) in [5, 5.41) is 18.8. The molecular weight excluding hydrogens is 953 g/mol. The number of phenolic OH excluding ortho intramolecular Hbond substituents is 2. The van der Waals surface area contributed by atoms with Crippen LogP contribution >= 0.6 is 0 Å². The van der Waals surface area contributed by atoms with Crippen LogP contribution in [0, 0.1) is 0 Å². The van der Waals surface area contributed by atoms with Crippen LogP contribution in [0.2, 0.25) is 0 Å². The van der Waals surface area contributed by atoms with Gasteiger partial charge in [0, 0.05) is 61.6 Å². The molecule has 0 heterocycles. The third-order valence-corrected chi connectivity index (χ3v) is 12.5. The molecule has 0 radical (unpaired) electrons. The maximum atomic E-state index is 11.0. The fourth-order valence-corrected chi connectivity index (χ4v) is 8.31. The number of aromatic hydroxyl groups is 2. The van der Waals surface area contributed by atoms with Gasteiger partial charge in [0.05, 0.1) is 9.79 Å². The van der Waals surface area contributed by atoms with Crippen molar-refractivity contribution >= 4 is 33.1 Å². The molecule has 0 saturated carbocycles. The van der Waals surface area contributed by atoms with Crippen LogP contribution in [0.25, 0.3) is 11.1 Å². The van der Waals surface area contributed by atoms with Gasteiger partial charge in [0.25, 0.3) is 0 Å². The van der Waals surface area contributed by atoms with Crippen LogP contribution in [-0.4, -0.2) is 87.0 Å². The van der Waals surface area contributed by atoms with Gasteiger partial charge < -0.3 is 40.6 Å². The molecule has 0 aromatic heterocycles. The van der Waals surface area contributed by atoms with E-state index in [1.54, 1.807) is 28.2 Å². The van der Waals surface area contributed by atoms with Crippen LogP contribution in [-0.2, 0) is 40.9 Å². The molecule has 0 aliphatic rings. The largest absolute Gasteiger partial charge is 0.744 e.